The smallest absolute Gasteiger partial charge is 0.261 e. The monoisotopic (exact) mass is 391 g/mol. The molecule has 26 heavy (non-hydrogen) atoms. The van der Waals surface area contributed by atoms with Crippen LogP contribution in [0, 0.1) is 0 Å². The molecule has 0 spiro atoms. The Morgan fingerprint density at radius 1 is 0.962 bits per heavy atom. The molecule has 2 amide bonds. The highest BCUT2D eigenvalue weighted by Gasteiger charge is 2.32. The quantitative estimate of drug-likeness (QED) is 0.723. The summed E-state index contributed by atoms with van der Waals surface area (Å²) in [5.41, 5.74) is 1.52. The van der Waals surface area contributed by atoms with E-state index in [0.717, 1.165) is 4.90 Å². The van der Waals surface area contributed by atoms with Crippen molar-refractivity contribution in [1.29, 1.82) is 0 Å². The number of methoxy groups -OCH3 is 2. The second kappa shape index (κ2) is 7.40. The van der Waals surface area contributed by atoms with Gasteiger partial charge < -0.3 is 9.47 Å². The van der Waals surface area contributed by atoms with Crippen LogP contribution >= 0.6 is 23.2 Å². The zero-order valence-corrected chi connectivity index (χ0v) is 15.6. The van der Waals surface area contributed by atoms with E-state index in [1.807, 2.05) is 0 Å². The van der Waals surface area contributed by atoms with Crippen LogP contribution in [0.4, 0.5) is 0 Å². The van der Waals surface area contributed by atoms with E-state index in [9.17, 15) is 9.59 Å². The normalized spacial score (nSPS) is 13.8. The van der Waals surface area contributed by atoms with Crippen LogP contribution in [0.25, 0.3) is 5.57 Å². The van der Waals surface area contributed by atoms with Gasteiger partial charge in [-0.1, -0.05) is 29.3 Å². The molecule has 2 aromatic rings. The Morgan fingerprint density at radius 2 is 1.73 bits per heavy atom. The van der Waals surface area contributed by atoms with Crippen molar-refractivity contribution in [1.82, 2.24) is 4.90 Å². The standard InChI is InChI=1S/C19H15Cl2NO4/c1-25-13-5-3-12(17(8-13)26-2)10-22-18(23)9-14(19(22)24)11-4-6-15(20)16(21)7-11/h3-9H,10H2,1-2H3. The van der Waals surface area contributed by atoms with Gasteiger partial charge in [-0.05, 0) is 29.8 Å². The number of hydrogen-bond acceptors (Lipinski definition) is 4. The lowest BCUT2D eigenvalue weighted by atomic mass is 10.1. The van der Waals surface area contributed by atoms with Crippen LogP contribution in [0.1, 0.15) is 11.1 Å². The summed E-state index contributed by atoms with van der Waals surface area (Å²) in [5.74, 6) is 0.368. The number of hydrogen-bond donors (Lipinski definition) is 0. The van der Waals surface area contributed by atoms with E-state index in [2.05, 4.69) is 0 Å². The van der Waals surface area contributed by atoms with Crippen molar-refractivity contribution in [3.05, 3.63) is 63.6 Å². The third-order valence-electron chi connectivity index (χ3n) is 4.06. The molecule has 0 aliphatic carbocycles. The summed E-state index contributed by atoms with van der Waals surface area (Å²) in [7, 11) is 3.07. The third-order valence-corrected chi connectivity index (χ3v) is 4.80. The molecule has 0 aromatic heterocycles. The molecule has 0 saturated heterocycles. The number of carbonyl (C=O) groups excluding carboxylic acids is 2. The van der Waals surface area contributed by atoms with Gasteiger partial charge in [-0.15, -0.1) is 0 Å². The number of imide groups is 1. The first kappa shape index (κ1) is 18.3. The van der Waals surface area contributed by atoms with Gasteiger partial charge in [0.05, 0.1) is 36.4 Å². The molecule has 5 nitrogen and oxygen atoms in total. The van der Waals surface area contributed by atoms with Crippen molar-refractivity contribution in [2.24, 2.45) is 0 Å². The lowest BCUT2D eigenvalue weighted by Gasteiger charge is -2.17. The second-order valence-corrected chi connectivity index (χ2v) is 6.41. The summed E-state index contributed by atoms with van der Waals surface area (Å²) >= 11 is 11.9. The molecule has 0 fully saturated rings. The predicted octanol–water partition coefficient (Wildman–Crippen LogP) is 3.96. The van der Waals surface area contributed by atoms with Gasteiger partial charge in [0.2, 0.25) is 0 Å². The second-order valence-electron chi connectivity index (χ2n) is 5.59. The number of carbonyl (C=O) groups is 2. The van der Waals surface area contributed by atoms with Gasteiger partial charge in [-0.25, -0.2) is 0 Å². The lowest BCUT2D eigenvalue weighted by Crippen LogP contribution is -2.30. The SMILES string of the molecule is COc1ccc(CN2C(=O)C=C(c3ccc(Cl)c(Cl)c3)C2=O)c(OC)c1. The zero-order chi connectivity index (χ0) is 18.8. The van der Waals surface area contributed by atoms with Crippen LogP contribution in [0.15, 0.2) is 42.5 Å². The van der Waals surface area contributed by atoms with Crippen molar-refractivity contribution >= 4 is 40.6 Å². The van der Waals surface area contributed by atoms with Gasteiger partial charge in [0.1, 0.15) is 11.5 Å². The largest absolute Gasteiger partial charge is 0.497 e. The van der Waals surface area contributed by atoms with Crippen molar-refractivity contribution in [2.45, 2.75) is 6.54 Å². The number of benzene rings is 2. The molecule has 0 atom stereocenters. The molecule has 1 aliphatic heterocycles. The minimum Gasteiger partial charge on any atom is -0.497 e. The summed E-state index contributed by atoms with van der Waals surface area (Å²) in [6.45, 7) is 0.0894. The third kappa shape index (κ3) is 3.41. The van der Waals surface area contributed by atoms with Gasteiger partial charge in [0.25, 0.3) is 11.8 Å². The Labute approximate surface area is 160 Å². The number of ether oxygens (including phenoxy) is 2. The van der Waals surface area contributed by atoms with E-state index >= 15 is 0 Å². The summed E-state index contributed by atoms with van der Waals surface area (Å²) in [4.78, 5) is 26.2. The number of rotatable bonds is 5. The molecule has 0 unspecified atom stereocenters. The Hall–Kier alpha value is -2.50. The fourth-order valence-electron chi connectivity index (χ4n) is 2.68. The Bertz CT molecular complexity index is 924. The summed E-state index contributed by atoms with van der Waals surface area (Å²) in [5, 5.41) is 0.702. The van der Waals surface area contributed by atoms with E-state index in [1.54, 1.807) is 43.5 Å². The van der Waals surface area contributed by atoms with E-state index in [1.165, 1.54) is 13.2 Å². The number of halogens is 2. The molecule has 1 heterocycles. The first-order valence-corrected chi connectivity index (χ1v) is 8.44. The van der Waals surface area contributed by atoms with E-state index < -0.39 is 11.8 Å². The van der Waals surface area contributed by atoms with Gasteiger partial charge in [0.15, 0.2) is 0 Å². The predicted molar refractivity (Wildman–Crippen MR) is 99.5 cm³/mol. The van der Waals surface area contributed by atoms with Gasteiger partial charge in [-0.3, -0.25) is 14.5 Å². The molecular formula is C19H15Cl2NO4. The van der Waals surface area contributed by atoms with Crippen molar-refractivity contribution in [2.75, 3.05) is 14.2 Å². The average molecular weight is 392 g/mol. The lowest BCUT2D eigenvalue weighted by molar-refractivity contribution is -0.137. The maximum atomic E-state index is 12.7. The highest BCUT2D eigenvalue weighted by atomic mass is 35.5. The van der Waals surface area contributed by atoms with Crippen LogP contribution in [-0.4, -0.2) is 30.9 Å². The van der Waals surface area contributed by atoms with E-state index in [-0.39, 0.29) is 12.1 Å². The molecule has 0 bridgehead atoms. The van der Waals surface area contributed by atoms with Gasteiger partial charge >= 0.3 is 0 Å². The molecule has 0 saturated carbocycles. The summed E-state index contributed by atoms with van der Waals surface area (Å²) < 4.78 is 10.5. The fourth-order valence-corrected chi connectivity index (χ4v) is 2.98. The zero-order valence-electron chi connectivity index (χ0n) is 14.1. The molecule has 1 aliphatic rings. The fraction of sp³-hybridized carbons (Fsp3) is 0.158. The highest BCUT2D eigenvalue weighted by molar-refractivity contribution is 6.42. The molecule has 7 heteroatoms. The Balaban J connectivity index is 1.87. The maximum absolute atomic E-state index is 12.7. The molecule has 134 valence electrons. The minimum atomic E-state index is -0.397. The average Bonchev–Trinajstić information content (AvgIpc) is 2.92. The molecule has 3 rings (SSSR count). The Morgan fingerprint density at radius 3 is 2.38 bits per heavy atom. The van der Waals surface area contributed by atoms with Crippen molar-refractivity contribution in [3.63, 3.8) is 0 Å². The molecule has 2 aromatic carbocycles. The molecule has 0 N–H and O–H groups in total. The number of amides is 2. The summed E-state index contributed by atoms with van der Waals surface area (Å²) in [6.07, 6.45) is 1.30. The van der Waals surface area contributed by atoms with Gasteiger partial charge in [-0.2, -0.15) is 0 Å². The first-order chi connectivity index (χ1) is 12.4. The van der Waals surface area contributed by atoms with Crippen molar-refractivity contribution in [3.8, 4) is 11.5 Å². The maximum Gasteiger partial charge on any atom is 0.261 e. The van der Waals surface area contributed by atoms with Crippen LogP contribution < -0.4 is 9.47 Å². The topological polar surface area (TPSA) is 55.8 Å². The highest BCUT2D eigenvalue weighted by Crippen LogP contribution is 2.32. The number of nitrogens with zero attached hydrogens (tertiary/aromatic N) is 1. The summed E-state index contributed by atoms with van der Waals surface area (Å²) in [6, 6.07) is 10.0. The van der Waals surface area contributed by atoms with Gasteiger partial charge in [0, 0.05) is 17.7 Å². The van der Waals surface area contributed by atoms with Crippen LogP contribution in [0.5, 0.6) is 11.5 Å². The molecule has 0 radical (unpaired) electrons. The van der Waals surface area contributed by atoms with E-state index in [4.69, 9.17) is 32.7 Å². The van der Waals surface area contributed by atoms with E-state index in [0.29, 0.717) is 32.7 Å². The van der Waals surface area contributed by atoms with Crippen LogP contribution in [0.2, 0.25) is 10.0 Å². The minimum absolute atomic E-state index is 0.0894. The van der Waals surface area contributed by atoms with Crippen molar-refractivity contribution < 1.29 is 19.1 Å². The first-order valence-electron chi connectivity index (χ1n) is 7.68. The Kier molecular flexibility index (Phi) is 5.20. The van der Waals surface area contributed by atoms with Crippen LogP contribution in [-0.2, 0) is 16.1 Å². The van der Waals surface area contributed by atoms with Crippen LogP contribution in [0.3, 0.4) is 0 Å². The molecular weight excluding hydrogens is 377 g/mol.